The van der Waals surface area contributed by atoms with Crippen LogP contribution in [0.4, 0.5) is 11.4 Å². The van der Waals surface area contributed by atoms with Crippen LogP contribution >= 0.6 is 0 Å². The van der Waals surface area contributed by atoms with Crippen molar-refractivity contribution < 1.29 is 9.59 Å². The van der Waals surface area contributed by atoms with E-state index in [1.54, 1.807) is 12.1 Å². The van der Waals surface area contributed by atoms with Crippen LogP contribution in [-0.2, 0) is 16.0 Å². The molecule has 2 aliphatic rings. The number of likely N-dealkylation sites (tertiary alicyclic amines) is 1. The highest BCUT2D eigenvalue weighted by Crippen LogP contribution is 2.30. The molecular formula is C14H16N3O2. The van der Waals surface area contributed by atoms with Gasteiger partial charge in [-0.3, -0.25) is 14.5 Å². The molecule has 2 aliphatic heterocycles. The van der Waals surface area contributed by atoms with E-state index in [1.165, 1.54) is 0 Å². The van der Waals surface area contributed by atoms with Crippen molar-refractivity contribution in [3.63, 3.8) is 0 Å². The summed E-state index contributed by atoms with van der Waals surface area (Å²) >= 11 is 0. The molecule has 99 valence electrons. The van der Waals surface area contributed by atoms with Gasteiger partial charge in [-0.15, -0.1) is 0 Å². The molecule has 3 rings (SSSR count). The van der Waals surface area contributed by atoms with E-state index in [0.29, 0.717) is 38.0 Å². The summed E-state index contributed by atoms with van der Waals surface area (Å²) in [5.41, 5.74) is 10.0. The number of anilines is 1. The SMILES string of the molecule is [NH]c1cccc2c1CC(N1CCC(=O)CC1)C(=O)N2. The van der Waals surface area contributed by atoms with Crippen LogP contribution in [0, 0.1) is 0 Å². The number of nitrogens with one attached hydrogen (secondary N) is 2. The van der Waals surface area contributed by atoms with Crippen molar-refractivity contribution in [3.05, 3.63) is 23.8 Å². The van der Waals surface area contributed by atoms with Crippen LogP contribution in [0.1, 0.15) is 18.4 Å². The van der Waals surface area contributed by atoms with Gasteiger partial charge >= 0.3 is 0 Å². The normalized spacial score (nSPS) is 23.9. The maximum Gasteiger partial charge on any atom is 0.242 e. The fourth-order valence-corrected chi connectivity index (χ4v) is 2.81. The highest BCUT2D eigenvalue weighted by molar-refractivity contribution is 5.99. The van der Waals surface area contributed by atoms with E-state index in [9.17, 15) is 9.59 Å². The number of benzene rings is 1. The van der Waals surface area contributed by atoms with Gasteiger partial charge in [-0.1, -0.05) is 6.07 Å². The monoisotopic (exact) mass is 258 g/mol. The number of carbonyl (C=O) groups excluding carboxylic acids is 2. The Hall–Kier alpha value is -1.88. The molecular weight excluding hydrogens is 242 g/mol. The summed E-state index contributed by atoms with van der Waals surface area (Å²) in [5, 5.41) is 2.87. The molecule has 1 saturated heterocycles. The summed E-state index contributed by atoms with van der Waals surface area (Å²) in [6, 6.07) is 5.11. The second kappa shape index (κ2) is 4.66. The molecule has 1 aromatic rings. The van der Waals surface area contributed by atoms with Gasteiger partial charge in [0.2, 0.25) is 5.91 Å². The number of ketones is 1. The number of rotatable bonds is 1. The van der Waals surface area contributed by atoms with Crippen molar-refractivity contribution in [3.8, 4) is 0 Å². The molecule has 0 saturated carbocycles. The Morgan fingerprint density at radius 2 is 1.95 bits per heavy atom. The van der Waals surface area contributed by atoms with Crippen LogP contribution in [0.5, 0.6) is 0 Å². The molecule has 0 spiro atoms. The first-order valence-electron chi connectivity index (χ1n) is 6.55. The largest absolute Gasteiger partial charge is 0.324 e. The maximum atomic E-state index is 12.2. The van der Waals surface area contributed by atoms with Gasteiger partial charge in [0.15, 0.2) is 0 Å². The van der Waals surface area contributed by atoms with Crippen molar-refractivity contribution in [2.45, 2.75) is 25.3 Å². The number of nitrogens with zero attached hydrogens (tertiary/aromatic N) is 1. The van der Waals surface area contributed by atoms with Gasteiger partial charge in [-0.25, -0.2) is 0 Å². The zero-order valence-electron chi connectivity index (χ0n) is 10.6. The topological polar surface area (TPSA) is 73.2 Å². The van der Waals surface area contributed by atoms with E-state index in [4.69, 9.17) is 5.73 Å². The molecule has 1 radical (unpaired) electrons. The van der Waals surface area contributed by atoms with E-state index < -0.39 is 0 Å². The van der Waals surface area contributed by atoms with E-state index in [2.05, 4.69) is 10.2 Å². The average Bonchev–Trinajstić information content (AvgIpc) is 2.40. The van der Waals surface area contributed by atoms with Crippen molar-refractivity contribution in [1.29, 1.82) is 0 Å². The van der Waals surface area contributed by atoms with Crippen LogP contribution < -0.4 is 11.1 Å². The van der Waals surface area contributed by atoms with E-state index in [-0.39, 0.29) is 17.7 Å². The van der Waals surface area contributed by atoms with Crippen LogP contribution in [0.2, 0.25) is 0 Å². The smallest absolute Gasteiger partial charge is 0.242 e. The Kier molecular flexibility index (Phi) is 2.98. The second-order valence-corrected chi connectivity index (χ2v) is 5.12. The van der Waals surface area contributed by atoms with Crippen LogP contribution in [0.3, 0.4) is 0 Å². The van der Waals surface area contributed by atoms with Gasteiger partial charge in [0.05, 0.1) is 11.7 Å². The summed E-state index contributed by atoms with van der Waals surface area (Å²) in [5.74, 6) is 0.251. The Bertz CT molecular complexity index is 531. The third-order valence-electron chi connectivity index (χ3n) is 3.93. The molecule has 5 heteroatoms. The number of amides is 1. The number of piperidine rings is 1. The minimum absolute atomic E-state index is 0.0209. The first kappa shape index (κ1) is 12.2. The Morgan fingerprint density at radius 3 is 2.68 bits per heavy atom. The predicted molar refractivity (Wildman–Crippen MR) is 71.1 cm³/mol. The minimum atomic E-state index is -0.243. The number of carbonyl (C=O) groups is 2. The Balaban J connectivity index is 1.83. The molecule has 1 fully saturated rings. The molecule has 0 bridgehead atoms. The van der Waals surface area contributed by atoms with Gasteiger partial charge in [-0.05, 0) is 12.1 Å². The third kappa shape index (κ3) is 2.21. The quantitative estimate of drug-likeness (QED) is 0.820. The second-order valence-electron chi connectivity index (χ2n) is 5.12. The van der Waals surface area contributed by atoms with E-state index >= 15 is 0 Å². The first-order valence-corrected chi connectivity index (χ1v) is 6.55. The number of hydrogen-bond acceptors (Lipinski definition) is 3. The van der Waals surface area contributed by atoms with Crippen LogP contribution in [-0.4, -0.2) is 35.7 Å². The first-order chi connectivity index (χ1) is 9.15. The molecule has 1 amide bonds. The molecule has 1 aromatic carbocycles. The summed E-state index contributed by atoms with van der Waals surface area (Å²) in [6.07, 6.45) is 1.62. The van der Waals surface area contributed by atoms with E-state index in [1.807, 2.05) is 6.07 Å². The molecule has 2 N–H and O–H groups in total. The summed E-state index contributed by atoms with van der Waals surface area (Å²) < 4.78 is 0. The lowest BCUT2D eigenvalue weighted by atomic mass is 9.94. The van der Waals surface area contributed by atoms with Gasteiger partial charge in [0.1, 0.15) is 5.78 Å². The lowest BCUT2D eigenvalue weighted by molar-refractivity contribution is -0.127. The Labute approximate surface area is 111 Å². The molecule has 2 heterocycles. The summed E-state index contributed by atoms with van der Waals surface area (Å²) in [7, 11) is 0. The van der Waals surface area contributed by atoms with Gasteiger partial charge < -0.3 is 11.1 Å². The summed E-state index contributed by atoms with van der Waals surface area (Å²) in [6.45, 7) is 1.29. The van der Waals surface area contributed by atoms with Gasteiger partial charge in [-0.2, -0.15) is 0 Å². The number of Topliss-reactive ketones (excluding diaryl/α,β-unsaturated/α-hetero) is 1. The molecule has 5 nitrogen and oxygen atoms in total. The number of fused-ring (bicyclic) bond motifs is 1. The standard InChI is InChI=1S/C14H16N3O2/c15-11-2-1-3-12-10(11)8-13(14(19)16-12)17-6-4-9(18)5-7-17/h1-3,13,15H,4-8H2,(H,16,19). The highest BCUT2D eigenvalue weighted by Gasteiger charge is 2.33. The number of hydrogen-bond donors (Lipinski definition) is 1. The highest BCUT2D eigenvalue weighted by atomic mass is 16.2. The van der Waals surface area contributed by atoms with Crippen LogP contribution in [0.15, 0.2) is 18.2 Å². The maximum absolute atomic E-state index is 12.2. The summed E-state index contributed by atoms with van der Waals surface area (Å²) in [4.78, 5) is 25.5. The fraction of sp³-hybridized carbons (Fsp3) is 0.429. The fourth-order valence-electron chi connectivity index (χ4n) is 2.81. The molecule has 19 heavy (non-hydrogen) atoms. The van der Waals surface area contributed by atoms with Crippen molar-refractivity contribution in [2.75, 3.05) is 18.4 Å². The van der Waals surface area contributed by atoms with Crippen molar-refractivity contribution in [2.24, 2.45) is 0 Å². The minimum Gasteiger partial charge on any atom is -0.324 e. The third-order valence-corrected chi connectivity index (χ3v) is 3.93. The predicted octanol–water partition coefficient (Wildman–Crippen LogP) is 1.13. The average molecular weight is 258 g/mol. The molecule has 1 unspecified atom stereocenters. The molecule has 0 aliphatic carbocycles. The lowest BCUT2D eigenvalue weighted by Gasteiger charge is -2.36. The zero-order valence-corrected chi connectivity index (χ0v) is 10.6. The Morgan fingerprint density at radius 1 is 1.21 bits per heavy atom. The van der Waals surface area contributed by atoms with Crippen molar-refractivity contribution in [1.82, 2.24) is 10.6 Å². The van der Waals surface area contributed by atoms with Crippen molar-refractivity contribution >= 4 is 23.1 Å². The molecule has 0 aromatic heterocycles. The van der Waals surface area contributed by atoms with Crippen LogP contribution in [0.25, 0.3) is 0 Å². The van der Waals surface area contributed by atoms with Gasteiger partial charge in [0.25, 0.3) is 0 Å². The van der Waals surface area contributed by atoms with E-state index in [0.717, 1.165) is 11.3 Å². The lowest BCUT2D eigenvalue weighted by Crippen LogP contribution is -2.50. The zero-order chi connectivity index (χ0) is 13.4. The van der Waals surface area contributed by atoms with Gasteiger partial charge in [0, 0.05) is 43.6 Å². The molecule has 1 atom stereocenters.